The van der Waals surface area contributed by atoms with Crippen LogP contribution in [-0.2, 0) is 21.7 Å². The lowest BCUT2D eigenvalue weighted by Crippen LogP contribution is -2.43. The zero-order valence-electron chi connectivity index (χ0n) is 31.0. The molecule has 6 aromatic rings. The van der Waals surface area contributed by atoms with Crippen molar-refractivity contribution in [1.82, 2.24) is 0 Å². The molecule has 0 unspecified atom stereocenters. The number of fused-ring (bicyclic) bond motifs is 1. The van der Waals surface area contributed by atoms with Crippen LogP contribution in [0.5, 0.6) is 11.5 Å². The van der Waals surface area contributed by atoms with Crippen molar-refractivity contribution in [3.05, 3.63) is 204 Å². The van der Waals surface area contributed by atoms with Crippen LogP contribution in [0.15, 0.2) is 176 Å². The Hall–Kier alpha value is -6.39. The first kappa shape index (κ1) is 36.9. The van der Waals surface area contributed by atoms with E-state index in [1.54, 1.807) is 24.1 Å². The SMILES string of the molecule is COc1ccc(COCC#C[C@H]2C=C([C@H](C)COC(c3ccccc3)(c3ccccc3)c3ccccc3)c3ccccc3N2C(=O)Oc2ccccc2)cc1. The van der Waals surface area contributed by atoms with Crippen LogP contribution in [0, 0.1) is 17.8 Å². The van der Waals surface area contributed by atoms with E-state index in [0.29, 0.717) is 24.7 Å². The van der Waals surface area contributed by atoms with Crippen molar-refractivity contribution in [1.29, 1.82) is 0 Å². The average molecular weight is 726 g/mol. The van der Waals surface area contributed by atoms with Gasteiger partial charge in [0.25, 0.3) is 0 Å². The van der Waals surface area contributed by atoms with Gasteiger partial charge in [-0.2, -0.15) is 0 Å². The smallest absolute Gasteiger partial charge is 0.421 e. The lowest BCUT2D eigenvalue weighted by Gasteiger charge is -2.38. The number of hydrogen-bond acceptors (Lipinski definition) is 5. The third-order valence-corrected chi connectivity index (χ3v) is 9.71. The zero-order chi connectivity index (χ0) is 37.9. The van der Waals surface area contributed by atoms with Crippen LogP contribution in [0.4, 0.5) is 10.5 Å². The second-order valence-electron chi connectivity index (χ2n) is 13.3. The first-order valence-electron chi connectivity index (χ1n) is 18.4. The van der Waals surface area contributed by atoms with Gasteiger partial charge in [-0.1, -0.05) is 158 Å². The molecule has 6 aromatic carbocycles. The Kier molecular flexibility index (Phi) is 11.8. The maximum Gasteiger partial charge on any atom is 0.421 e. The van der Waals surface area contributed by atoms with Gasteiger partial charge in [0, 0.05) is 11.5 Å². The number of para-hydroxylation sites is 2. The molecule has 0 saturated carbocycles. The molecule has 0 bridgehead atoms. The van der Waals surface area contributed by atoms with Crippen LogP contribution in [0.1, 0.15) is 34.7 Å². The van der Waals surface area contributed by atoms with Crippen molar-refractivity contribution in [2.75, 3.05) is 25.2 Å². The molecule has 6 heteroatoms. The highest BCUT2D eigenvalue weighted by molar-refractivity contribution is 5.98. The van der Waals surface area contributed by atoms with Gasteiger partial charge in [0.2, 0.25) is 0 Å². The van der Waals surface area contributed by atoms with Gasteiger partial charge < -0.3 is 18.9 Å². The summed E-state index contributed by atoms with van der Waals surface area (Å²) in [7, 11) is 1.64. The van der Waals surface area contributed by atoms with Crippen LogP contribution < -0.4 is 14.4 Å². The molecule has 0 aliphatic carbocycles. The summed E-state index contributed by atoms with van der Waals surface area (Å²) in [4.78, 5) is 15.6. The summed E-state index contributed by atoms with van der Waals surface area (Å²) < 4.78 is 24.4. The number of benzene rings is 6. The molecular weight excluding hydrogens is 683 g/mol. The summed E-state index contributed by atoms with van der Waals surface area (Å²) in [6.45, 7) is 3.11. The first-order chi connectivity index (χ1) is 27.1. The standard InChI is InChI=1S/C49H43NO5/c1-37(35-54-49(39-18-7-3-8-19-39,40-20-9-4-10-21-40)41-22-11-5-12-23-41)46-34-42(24-17-33-53-36-38-29-31-43(52-2)32-30-38)50(47-28-16-15-27-45(46)47)48(51)55-44-25-13-6-14-26-44/h3-16,18-23,25-32,34,37,42H,33,35-36H2,1-2H3/t37-,42+/m1/s1. The quantitative estimate of drug-likeness (QED) is 0.0714. The Bertz CT molecular complexity index is 2150. The molecule has 2 atom stereocenters. The van der Waals surface area contributed by atoms with Gasteiger partial charge in [-0.25, -0.2) is 4.79 Å². The number of methoxy groups -OCH3 is 1. The van der Waals surface area contributed by atoms with E-state index in [1.165, 1.54) is 0 Å². The second kappa shape index (κ2) is 17.6. The predicted molar refractivity (Wildman–Crippen MR) is 218 cm³/mol. The average Bonchev–Trinajstić information content (AvgIpc) is 3.25. The minimum atomic E-state index is -0.876. The van der Waals surface area contributed by atoms with Gasteiger partial charge in [-0.05, 0) is 64.2 Å². The minimum Gasteiger partial charge on any atom is -0.497 e. The van der Waals surface area contributed by atoms with Gasteiger partial charge >= 0.3 is 6.09 Å². The normalized spacial score (nSPS) is 14.1. The van der Waals surface area contributed by atoms with E-state index in [4.69, 9.17) is 18.9 Å². The highest BCUT2D eigenvalue weighted by Gasteiger charge is 2.39. The Morgan fingerprint density at radius 3 is 1.82 bits per heavy atom. The number of carbonyl (C=O) groups is 1. The summed E-state index contributed by atoms with van der Waals surface area (Å²) >= 11 is 0. The molecule has 6 nitrogen and oxygen atoms in total. The lowest BCUT2D eigenvalue weighted by atomic mass is 9.79. The number of ether oxygens (including phenoxy) is 4. The number of anilines is 1. The summed E-state index contributed by atoms with van der Waals surface area (Å²) in [6, 6.07) is 55.2. The molecule has 1 aliphatic rings. The van der Waals surface area contributed by atoms with E-state index in [0.717, 1.165) is 39.1 Å². The predicted octanol–water partition coefficient (Wildman–Crippen LogP) is 10.3. The van der Waals surface area contributed by atoms with Gasteiger partial charge in [0.05, 0.1) is 26.0 Å². The van der Waals surface area contributed by atoms with Crippen molar-refractivity contribution in [2.24, 2.45) is 5.92 Å². The molecule has 0 fully saturated rings. The maximum absolute atomic E-state index is 14.0. The molecule has 7 rings (SSSR count). The molecular formula is C49H43NO5. The molecule has 0 radical (unpaired) electrons. The molecule has 0 saturated heterocycles. The monoisotopic (exact) mass is 725 g/mol. The largest absolute Gasteiger partial charge is 0.497 e. The van der Waals surface area contributed by atoms with E-state index < -0.39 is 17.7 Å². The highest BCUT2D eigenvalue weighted by Crippen LogP contribution is 2.43. The summed E-state index contributed by atoms with van der Waals surface area (Å²) in [5.74, 6) is 7.66. The van der Waals surface area contributed by atoms with E-state index >= 15 is 0 Å². The van der Waals surface area contributed by atoms with Crippen LogP contribution in [-0.4, -0.2) is 32.5 Å². The second-order valence-corrected chi connectivity index (χ2v) is 13.3. The summed E-state index contributed by atoms with van der Waals surface area (Å²) in [5.41, 5.74) is 5.90. The first-order valence-corrected chi connectivity index (χ1v) is 18.4. The fraction of sp³-hybridized carbons (Fsp3) is 0.163. The van der Waals surface area contributed by atoms with Crippen LogP contribution in [0.3, 0.4) is 0 Å². The number of carbonyl (C=O) groups excluding carboxylic acids is 1. The number of hydrogen-bond donors (Lipinski definition) is 0. The molecule has 0 spiro atoms. The molecule has 1 heterocycles. The summed E-state index contributed by atoms with van der Waals surface area (Å²) in [5, 5.41) is 0. The lowest BCUT2D eigenvalue weighted by molar-refractivity contribution is 0.00318. The van der Waals surface area contributed by atoms with Crippen LogP contribution in [0.2, 0.25) is 0 Å². The Morgan fingerprint density at radius 1 is 0.691 bits per heavy atom. The molecule has 274 valence electrons. The zero-order valence-corrected chi connectivity index (χ0v) is 31.0. The number of rotatable bonds is 12. The van der Waals surface area contributed by atoms with Crippen molar-refractivity contribution in [3.63, 3.8) is 0 Å². The molecule has 1 amide bonds. The fourth-order valence-electron chi connectivity index (χ4n) is 6.99. The van der Waals surface area contributed by atoms with Crippen LogP contribution in [0.25, 0.3) is 5.57 Å². The van der Waals surface area contributed by atoms with Crippen molar-refractivity contribution in [2.45, 2.75) is 25.2 Å². The third-order valence-electron chi connectivity index (χ3n) is 9.71. The van der Waals surface area contributed by atoms with Crippen molar-refractivity contribution >= 4 is 17.4 Å². The van der Waals surface area contributed by atoms with E-state index in [-0.39, 0.29) is 12.5 Å². The topological polar surface area (TPSA) is 57.2 Å². The van der Waals surface area contributed by atoms with Gasteiger partial charge in [0.15, 0.2) is 0 Å². The molecule has 1 aliphatic heterocycles. The Labute approximate surface area is 323 Å². The van der Waals surface area contributed by atoms with Gasteiger partial charge in [-0.15, -0.1) is 0 Å². The third kappa shape index (κ3) is 8.40. The van der Waals surface area contributed by atoms with Crippen molar-refractivity contribution < 1.29 is 23.7 Å². The van der Waals surface area contributed by atoms with Gasteiger partial charge in [-0.3, -0.25) is 4.90 Å². The Balaban J connectivity index is 1.22. The molecule has 0 N–H and O–H groups in total. The van der Waals surface area contributed by atoms with Gasteiger partial charge in [0.1, 0.15) is 29.7 Å². The summed E-state index contributed by atoms with van der Waals surface area (Å²) in [6.07, 6.45) is 1.54. The van der Waals surface area contributed by atoms with E-state index in [1.807, 2.05) is 84.9 Å². The van der Waals surface area contributed by atoms with Crippen LogP contribution >= 0.6 is 0 Å². The van der Waals surface area contributed by atoms with E-state index in [2.05, 4.69) is 97.6 Å². The molecule has 0 aromatic heterocycles. The number of nitrogens with zero attached hydrogens (tertiary/aromatic N) is 1. The Morgan fingerprint density at radius 2 is 1.24 bits per heavy atom. The number of amides is 1. The minimum absolute atomic E-state index is 0.0976. The maximum atomic E-state index is 14.0. The fourth-order valence-corrected chi connectivity index (χ4v) is 6.99. The highest BCUT2D eigenvalue weighted by atomic mass is 16.6. The van der Waals surface area contributed by atoms with Crippen molar-refractivity contribution in [3.8, 4) is 23.3 Å². The van der Waals surface area contributed by atoms with E-state index in [9.17, 15) is 4.79 Å². The molecule has 55 heavy (non-hydrogen) atoms.